The highest BCUT2D eigenvalue weighted by Gasteiger charge is 2.16. The molecule has 1 rings (SSSR count). The number of nitrogens with two attached hydrogens (primary N) is 1. The van der Waals surface area contributed by atoms with E-state index in [4.69, 9.17) is 76.8 Å². The molecule has 0 amide bonds. The largest absolute Gasteiger partial charge is 0.487 e. The zero-order valence-electron chi connectivity index (χ0n) is 30.5. The van der Waals surface area contributed by atoms with Crippen LogP contribution in [0, 0.1) is 0 Å². The van der Waals surface area contributed by atoms with Crippen molar-refractivity contribution in [1.29, 1.82) is 0 Å². The molecule has 0 unspecified atom stereocenters. The Morgan fingerprint density at radius 2 is 0.580 bits per heavy atom. The van der Waals surface area contributed by atoms with Crippen molar-refractivity contribution in [3.05, 3.63) is 17.7 Å². The van der Waals surface area contributed by atoms with Crippen LogP contribution in [0.2, 0.25) is 0 Å². The summed E-state index contributed by atoms with van der Waals surface area (Å²) < 4.78 is 82.7. The summed E-state index contributed by atoms with van der Waals surface area (Å²) in [6.45, 7) is 11.1. The molecule has 0 saturated carbocycles. The van der Waals surface area contributed by atoms with E-state index in [-0.39, 0.29) is 19.8 Å². The number of rotatable bonds is 40. The Balaban J connectivity index is 2.51. The Bertz CT molecular complexity index is 806. The minimum Gasteiger partial charge on any atom is -0.487 e. The van der Waals surface area contributed by atoms with Gasteiger partial charge in [-0.3, -0.25) is 0 Å². The molecule has 1 aromatic carbocycles. The molecular weight excluding hydrogens is 662 g/mol. The standard InChI is InChI=1S/C34H63NO15/c1-36-4-7-39-10-13-42-16-19-45-22-25-48-32-28-31(30-35)29-33(49-26-23-46-20-17-43-14-11-40-8-5-37-2)34(32)50-27-24-47-21-18-44-15-12-41-9-6-38-3/h28-29H,4-27,30,35H2,1-3H3. The van der Waals surface area contributed by atoms with Crippen LogP contribution in [0.15, 0.2) is 12.1 Å². The first-order valence-electron chi connectivity index (χ1n) is 17.2. The van der Waals surface area contributed by atoms with E-state index in [2.05, 4.69) is 0 Å². The predicted molar refractivity (Wildman–Crippen MR) is 184 cm³/mol. The topological polar surface area (TPSA) is 164 Å². The molecular formula is C34H63NO15. The van der Waals surface area contributed by atoms with Gasteiger partial charge >= 0.3 is 0 Å². The minimum atomic E-state index is 0.265. The number of hydrogen-bond donors (Lipinski definition) is 1. The number of methoxy groups -OCH3 is 3. The first-order valence-corrected chi connectivity index (χ1v) is 17.2. The maximum atomic E-state index is 6.12. The van der Waals surface area contributed by atoms with Gasteiger partial charge in [-0.2, -0.15) is 0 Å². The average Bonchev–Trinajstić information content (AvgIpc) is 3.13. The first kappa shape index (κ1) is 46.1. The molecule has 294 valence electrons. The second-order valence-corrected chi connectivity index (χ2v) is 10.2. The molecule has 16 nitrogen and oxygen atoms in total. The van der Waals surface area contributed by atoms with Crippen molar-refractivity contribution in [3.63, 3.8) is 0 Å². The summed E-state index contributed by atoms with van der Waals surface area (Å²) in [5.74, 6) is 1.44. The fraction of sp³-hybridized carbons (Fsp3) is 0.824. The Labute approximate surface area is 298 Å². The van der Waals surface area contributed by atoms with Gasteiger partial charge in [-0.15, -0.1) is 0 Å². The lowest BCUT2D eigenvalue weighted by atomic mass is 10.2. The van der Waals surface area contributed by atoms with Crippen molar-refractivity contribution in [2.75, 3.05) is 180 Å². The van der Waals surface area contributed by atoms with E-state index in [9.17, 15) is 0 Å². The molecule has 0 radical (unpaired) electrons. The summed E-state index contributed by atoms with van der Waals surface area (Å²) in [5, 5.41) is 0. The van der Waals surface area contributed by atoms with Crippen LogP contribution in [-0.2, 0) is 63.4 Å². The maximum Gasteiger partial charge on any atom is 0.203 e. The number of benzene rings is 1. The van der Waals surface area contributed by atoms with E-state index in [0.717, 1.165) is 5.56 Å². The summed E-state index contributed by atoms with van der Waals surface area (Å²) in [4.78, 5) is 0. The van der Waals surface area contributed by atoms with Crippen LogP contribution < -0.4 is 19.9 Å². The molecule has 0 bridgehead atoms. The van der Waals surface area contributed by atoms with Crippen LogP contribution in [0.25, 0.3) is 0 Å². The van der Waals surface area contributed by atoms with Crippen LogP contribution in [0.5, 0.6) is 17.2 Å². The second kappa shape index (κ2) is 36.9. The smallest absolute Gasteiger partial charge is 0.203 e. The van der Waals surface area contributed by atoms with Crippen molar-refractivity contribution in [3.8, 4) is 17.2 Å². The Morgan fingerprint density at radius 1 is 0.340 bits per heavy atom. The van der Waals surface area contributed by atoms with Crippen LogP contribution in [0.3, 0.4) is 0 Å². The van der Waals surface area contributed by atoms with Gasteiger partial charge in [0.05, 0.1) is 139 Å². The van der Waals surface area contributed by atoms with Gasteiger partial charge in [-0.05, 0) is 17.7 Å². The summed E-state index contributed by atoms with van der Waals surface area (Å²) >= 11 is 0. The van der Waals surface area contributed by atoms with Crippen LogP contribution in [0.1, 0.15) is 5.56 Å². The Kier molecular flexibility index (Phi) is 34.0. The van der Waals surface area contributed by atoms with Gasteiger partial charge in [-0.25, -0.2) is 0 Å². The summed E-state index contributed by atoms with van der Waals surface area (Å²) in [5.41, 5.74) is 6.81. The SMILES string of the molecule is COCCOCCOCCOCCOc1cc(CN)cc(OCCOCCOCCOCCOC)c1OCCOCCOCCOCCOC. The van der Waals surface area contributed by atoms with E-state index >= 15 is 0 Å². The van der Waals surface area contributed by atoms with E-state index in [1.807, 2.05) is 12.1 Å². The van der Waals surface area contributed by atoms with E-state index in [1.54, 1.807) is 21.3 Å². The molecule has 50 heavy (non-hydrogen) atoms. The van der Waals surface area contributed by atoms with Gasteiger partial charge in [0, 0.05) is 27.9 Å². The summed E-state index contributed by atoms with van der Waals surface area (Å²) in [6, 6.07) is 3.68. The van der Waals surface area contributed by atoms with Crippen molar-refractivity contribution in [2.24, 2.45) is 5.73 Å². The van der Waals surface area contributed by atoms with Crippen molar-refractivity contribution < 1.29 is 71.1 Å². The highest BCUT2D eigenvalue weighted by atomic mass is 16.6. The third kappa shape index (κ3) is 27.8. The van der Waals surface area contributed by atoms with Crippen LogP contribution in [0.4, 0.5) is 0 Å². The zero-order chi connectivity index (χ0) is 36.0. The fourth-order valence-corrected chi connectivity index (χ4v) is 3.78. The lowest BCUT2D eigenvalue weighted by Crippen LogP contribution is -2.16. The Morgan fingerprint density at radius 3 is 0.840 bits per heavy atom. The third-order valence-electron chi connectivity index (χ3n) is 6.29. The second-order valence-electron chi connectivity index (χ2n) is 10.2. The van der Waals surface area contributed by atoms with Crippen LogP contribution >= 0.6 is 0 Å². The van der Waals surface area contributed by atoms with Crippen molar-refractivity contribution in [1.82, 2.24) is 0 Å². The van der Waals surface area contributed by atoms with E-state index in [0.29, 0.717) is 163 Å². The number of ether oxygens (including phenoxy) is 15. The van der Waals surface area contributed by atoms with Crippen molar-refractivity contribution in [2.45, 2.75) is 6.54 Å². The quantitative estimate of drug-likeness (QED) is 0.0964. The van der Waals surface area contributed by atoms with E-state index < -0.39 is 0 Å². The average molecular weight is 726 g/mol. The van der Waals surface area contributed by atoms with E-state index in [1.165, 1.54) is 0 Å². The lowest BCUT2D eigenvalue weighted by Gasteiger charge is -2.19. The molecule has 0 spiro atoms. The molecule has 16 heteroatoms. The zero-order valence-corrected chi connectivity index (χ0v) is 30.5. The molecule has 0 atom stereocenters. The lowest BCUT2D eigenvalue weighted by molar-refractivity contribution is -0.00160. The van der Waals surface area contributed by atoms with Crippen LogP contribution in [-0.4, -0.2) is 180 Å². The van der Waals surface area contributed by atoms with Gasteiger partial charge in [0.1, 0.15) is 19.8 Å². The summed E-state index contributed by atoms with van der Waals surface area (Å²) in [7, 11) is 4.91. The third-order valence-corrected chi connectivity index (χ3v) is 6.29. The molecule has 0 aliphatic rings. The monoisotopic (exact) mass is 725 g/mol. The molecule has 0 aromatic heterocycles. The highest BCUT2D eigenvalue weighted by molar-refractivity contribution is 5.54. The molecule has 0 heterocycles. The normalized spacial score (nSPS) is 11.4. The summed E-state index contributed by atoms with van der Waals surface area (Å²) in [6.07, 6.45) is 0. The molecule has 0 saturated heterocycles. The maximum absolute atomic E-state index is 6.12. The molecule has 2 N–H and O–H groups in total. The minimum absolute atomic E-state index is 0.265. The number of hydrogen-bond acceptors (Lipinski definition) is 16. The predicted octanol–water partition coefficient (Wildman–Crippen LogP) is 1.37. The van der Waals surface area contributed by atoms with Gasteiger partial charge in [-0.1, -0.05) is 0 Å². The van der Waals surface area contributed by atoms with Gasteiger partial charge < -0.3 is 76.8 Å². The molecule has 0 aliphatic carbocycles. The first-order chi connectivity index (χ1) is 24.8. The molecule has 1 aromatic rings. The highest BCUT2D eigenvalue weighted by Crippen LogP contribution is 2.39. The van der Waals surface area contributed by atoms with Gasteiger partial charge in [0.2, 0.25) is 5.75 Å². The fourth-order valence-electron chi connectivity index (χ4n) is 3.78. The Hall–Kier alpha value is -1.90. The molecule has 0 aliphatic heterocycles. The van der Waals surface area contributed by atoms with Gasteiger partial charge in [0.25, 0.3) is 0 Å². The molecule has 0 fully saturated rings. The van der Waals surface area contributed by atoms with Gasteiger partial charge in [0.15, 0.2) is 11.5 Å². The van der Waals surface area contributed by atoms with Crippen molar-refractivity contribution >= 4 is 0 Å².